The number of halogens is 1. The summed E-state index contributed by atoms with van der Waals surface area (Å²) < 4.78 is 5.35. The van der Waals surface area contributed by atoms with Crippen molar-refractivity contribution in [3.8, 4) is 0 Å². The SMILES string of the molecule is CCOCCCNC(=NCC(=O)N(C)C)NC1CCN(CC(=O)NC)CC1.I. The van der Waals surface area contributed by atoms with E-state index in [0.29, 0.717) is 25.7 Å². The lowest BCUT2D eigenvalue weighted by Crippen LogP contribution is -2.50. The van der Waals surface area contributed by atoms with Crippen LogP contribution >= 0.6 is 24.0 Å². The molecule has 1 saturated heterocycles. The second-order valence-electron chi connectivity index (χ2n) is 6.80. The normalized spacial score (nSPS) is 15.5. The molecule has 1 aliphatic rings. The lowest BCUT2D eigenvalue weighted by molar-refractivity contribution is -0.127. The zero-order chi connectivity index (χ0) is 20.1. The predicted molar refractivity (Wildman–Crippen MR) is 122 cm³/mol. The molecule has 0 spiro atoms. The fraction of sp³-hybridized carbons (Fsp3) is 0.833. The van der Waals surface area contributed by atoms with Crippen LogP contribution in [-0.2, 0) is 14.3 Å². The molecule has 0 aromatic rings. The van der Waals surface area contributed by atoms with Crippen LogP contribution in [0.2, 0.25) is 0 Å². The van der Waals surface area contributed by atoms with E-state index in [4.69, 9.17) is 4.74 Å². The van der Waals surface area contributed by atoms with Crippen molar-refractivity contribution in [1.82, 2.24) is 25.8 Å². The molecule has 1 aliphatic heterocycles. The number of nitrogens with one attached hydrogen (secondary N) is 3. The lowest BCUT2D eigenvalue weighted by atomic mass is 10.1. The molecule has 164 valence electrons. The molecule has 0 radical (unpaired) electrons. The molecule has 2 amide bonds. The first kappa shape index (κ1) is 26.9. The summed E-state index contributed by atoms with van der Waals surface area (Å²) in [4.78, 5) is 31.4. The Morgan fingerprint density at radius 1 is 1.25 bits per heavy atom. The highest BCUT2D eigenvalue weighted by Crippen LogP contribution is 2.09. The number of hydrogen-bond acceptors (Lipinski definition) is 5. The highest BCUT2D eigenvalue weighted by Gasteiger charge is 2.21. The molecule has 0 aromatic carbocycles. The van der Waals surface area contributed by atoms with Gasteiger partial charge in [0.1, 0.15) is 6.54 Å². The van der Waals surface area contributed by atoms with Gasteiger partial charge in [0.25, 0.3) is 0 Å². The second-order valence-corrected chi connectivity index (χ2v) is 6.80. The number of amides is 2. The molecule has 0 bridgehead atoms. The molecule has 3 N–H and O–H groups in total. The number of hydrogen-bond donors (Lipinski definition) is 3. The molecule has 0 unspecified atom stereocenters. The van der Waals surface area contributed by atoms with E-state index in [-0.39, 0.29) is 48.4 Å². The van der Waals surface area contributed by atoms with Crippen LogP contribution in [0.5, 0.6) is 0 Å². The number of carbonyl (C=O) groups excluding carboxylic acids is 2. The van der Waals surface area contributed by atoms with Crippen LogP contribution in [0.3, 0.4) is 0 Å². The van der Waals surface area contributed by atoms with Gasteiger partial charge < -0.3 is 25.6 Å². The molecule has 1 heterocycles. The molecule has 9 nitrogen and oxygen atoms in total. The molecule has 1 fully saturated rings. The Labute approximate surface area is 186 Å². The predicted octanol–water partition coefficient (Wildman–Crippen LogP) is -0.135. The third-order valence-electron chi connectivity index (χ3n) is 4.41. The van der Waals surface area contributed by atoms with Crippen molar-refractivity contribution < 1.29 is 14.3 Å². The zero-order valence-corrected chi connectivity index (χ0v) is 20.0. The minimum Gasteiger partial charge on any atom is -0.382 e. The number of rotatable bonds is 10. The third kappa shape index (κ3) is 11.6. The largest absolute Gasteiger partial charge is 0.382 e. The quantitative estimate of drug-likeness (QED) is 0.163. The van der Waals surface area contributed by atoms with Gasteiger partial charge in [0.15, 0.2) is 5.96 Å². The summed E-state index contributed by atoms with van der Waals surface area (Å²) in [5, 5.41) is 9.37. The molecule has 0 saturated carbocycles. The summed E-state index contributed by atoms with van der Waals surface area (Å²) in [6.07, 6.45) is 2.73. The van der Waals surface area contributed by atoms with Gasteiger partial charge in [-0.1, -0.05) is 0 Å². The average Bonchev–Trinajstić information content (AvgIpc) is 2.66. The number of aliphatic imine (C=N–C) groups is 1. The second kappa shape index (κ2) is 15.7. The molecule has 0 aromatic heterocycles. The van der Waals surface area contributed by atoms with E-state index in [1.54, 1.807) is 21.1 Å². The van der Waals surface area contributed by atoms with Crippen LogP contribution in [0, 0.1) is 0 Å². The van der Waals surface area contributed by atoms with Gasteiger partial charge in [-0.3, -0.25) is 14.5 Å². The van der Waals surface area contributed by atoms with Crippen LogP contribution in [0.4, 0.5) is 0 Å². The van der Waals surface area contributed by atoms with E-state index in [2.05, 4.69) is 25.8 Å². The minimum absolute atomic E-state index is 0. The fourth-order valence-electron chi connectivity index (χ4n) is 2.68. The van der Waals surface area contributed by atoms with E-state index < -0.39 is 0 Å². The Kier molecular flexibility index (Phi) is 15.1. The Hall–Kier alpha value is -1.14. The molecule has 0 aliphatic carbocycles. The van der Waals surface area contributed by atoms with Gasteiger partial charge in [-0.25, -0.2) is 4.99 Å². The van der Waals surface area contributed by atoms with E-state index in [9.17, 15) is 9.59 Å². The number of likely N-dealkylation sites (tertiary alicyclic amines) is 1. The maximum absolute atomic E-state index is 11.8. The molecular weight excluding hydrogens is 475 g/mol. The topological polar surface area (TPSA) is 98.3 Å². The van der Waals surface area contributed by atoms with Gasteiger partial charge in [-0.15, -0.1) is 24.0 Å². The Morgan fingerprint density at radius 3 is 2.50 bits per heavy atom. The number of nitrogens with zero attached hydrogens (tertiary/aromatic N) is 3. The first-order valence-electron chi connectivity index (χ1n) is 9.72. The monoisotopic (exact) mass is 512 g/mol. The van der Waals surface area contributed by atoms with Crippen molar-refractivity contribution in [1.29, 1.82) is 0 Å². The summed E-state index contributed by atoms with van der Waals surface area (Å²) in [6.45, 7) is 6.40. The molecular formula is C18H37IN6O3. The van der Waals surface area contributed by atoms with Crippen molar-refractivity contribution in [2.45, 2.75) is 32.2 Å². The molecule has 1 rings (SSSR count). The van der Waals surface area contributed by atoms with Crippen molar-refractivity contribution in [3.05, 3.63) is 0 Å². The van der Waals surface area contributed by atoms with E-state index in [1.807, 2.05) is 6.92 Å². The smallest absolute Gasteiger partial charge is 0.243 e. The van der Waals surface area contributed by atoms with Gasteiger partial charge in [0, 0.05) is 60.0 Å². The standard InChI is InChI=1S/C18H36N6O3.HI/c1-5-27-12-6-9-20-18(21-13-17(26)23(3)4)22-15-7-10-24(11-8-15)14-16(25)19-2;/h15H,5-14H2,1-4H3,(H,19,25)(H2,20,21,22);1H. The highest BCUT2D eigenvalue weighted by molar-refractivity contribution is 14.0. The van der Waals surface area contributed by atoms with Gasteiger partial charge in [0.05, 0.1) is 6.54 Å². The average molecular weight is 512 g/mol. The van der Waals surface area contributed by atoms with Crippen molar-refractivity contribution in [2.75, 3.05) is 67.1 Å². The van der Waals surface area contributed by atoms with Crippen LogP contribution in [-0.4, -0.2) is 101 Å². The maximum atomic E-state index is 11.8. The Morgan fingerprint density at radius 2 is 1.93 bits per heavy atom. The molecule has 0 atom stereocenters. The summed E-state index contributed by atoms with van der Waals surface area (Å²) in [7, 11) is 5.11. The fourth-order valence-corrected chi connectivity index (χ4v) is 2.68. The number of piperidine rings is 1. The zero-order valence-electron chi connectivity index (χ0n) is 17.6. The number of guanidine groups is 1. The van der Waals surface area contributed by atoms with Crippen LogP contribution in [0.15, 0.2) is 4.99 Å². The minimum atomic E-state index is -0.0363. The Bertz CT molecular complexity index is 482. The third-order valence-corrected chi connectivity index (χ3v) is 4.41. The van der Waals surface area contributed by atoms with Crippen molar-refractivity contribution in [2.24, 2.45) is 4.99 Å². The van der Waals surface area contributed by atoms with Crippen molar-refractivity contribution in [3.63, 3.8) is 0 Å². The summed E-state index contributed by atoms with van der Waals surface area (Å²) >= 11 is 0. The first-order chi connectivity index (χ1) is 13.0. The maximum Gasteiger partial charge on any atom is 0.243 e. The Balaban J connectivity index is 0.00000729. The first-order valence-corrected chi connectivity index (χ1v) is 9.72. The lowest BCUT2D eigenvalue weighted by Gasteiger charge is -2.32. The van der Waals surface area contributed by atoms with Gasteiger partial charge in [-0.05, 0) is 26.2 Å². The molecule has 10 heteroatoms. The van der Waals surface area contributed by atoms with Crippen molar-refractivity contribution >= 4 is 41.8 Å². The van der Waals surface area contributed by atoms with Crippen LogP contribution < -0.4 is 16.0 Å². The van der Waals surface area contributed by atoms with Gasteiger partial charge in [-0.2, -0.15) is 0 Å². The number of ether oxygens (including phenoxy) is 1. The highest BCUT2D eigenvalue weighted by atomic mass is 127. The van der Waals surface area contributed by atoms with Crippen LogP contribution in [0.1, 0.15) is 26.2 Å². The van der Waals surface area contributed by atoms with Gasteiger partial charge >= 0.3 is 0 Å². The van der Waals surface area contributed by atoms with E-state index in [1.165, 1.54) is 4.90 Å². The summed E-state index contributed by atoms with van der Waals surface area (Å²) in [5.74, 6) is 0.666. The van der Waals surface area contributed by atoms with Gasteiger partial charge in [0.2, 0.25) is 11.8 Å². The molecule has 28 heavy (non-hydrogen) atoms. The summed E-state index contributed by atoms with van der Waals surface area (Å²) in [5.41, 5.74) is 0. The van der Waals surface area contributed by atoms with E-state index >= 15 is 0 Å². The number of likely N-dealkylation sites (N-methyl/N-ethyl adjacent to an activating group) is 2. The number of carbonyl (C=O) groups is 2. The van der Waals surface area contributed by atoms with Crippen LogP contribution in [0.25, 0.3) is 0 Å². The summed E-state index contributed by atoms with van der Waals surface area (Å²) in [6, 6.07) is 0.276. The van der Waals surface area contributed by atoms with E-state index in [0.717, 1.165) is 38.9 Å².